The second kappa shape index (κ2) is 4.69. The fourth-order valence-electron chi connectivity index (χ4n) is 1.19. The largest absolute Gasteiger partial charge is 0.398 e. The van der Waals surface area contributed by atoms with Crippen LogP contribution in [0.2, 0.25) is 0 Å². The van der Waals surface area contributed by atoms with Crippen LogP contribution in [0, 0.1) is 11.8 Å². The van der Waals surface area contributed by atoms with E-state index in [9.17, 15) is 0 Å². The molecule has 0 aliphatic carbocycles. The highest BCUT2D eigenvalue weighted by Gasteiger charge is 2.01. The third-order valence-corrected chi connectivity index (χ3v) is 2.07. The molecule has 0 atom stereocenters. The lowest BCUT2D eigenvalue weighted by molar-refractivity contribution is 0.866. The Morgan fingerprint density at radius 3 is 2.64 bits per heavy atom. The van der Waals surface area contributed by atoms with Crippen LogP contribution in [0.25, 0.3) is 0 Å². The smallest absolute Gasteiger partial charge is 0.0555 e. The summed E-state index contributed by atoms with van der Waals surface area (Å²) in [5.41, 5.74) is 13.9. The molecule has 4 N–H and O–H groups in total. The van der Waals surface area contributed by atoms with E-state index in [0.717, 1.165) is 11.3 Å². The summed E-state index contributed by atoms with van der Waals surface area (Å²) >= 11 is 0. The van der Waals surface area contributed by atoms with E-state index < -0.39 is 0 Å². The molecule has 0 spiro atoms. The van der Waals surface area contributed by atoms with Crippen molar-refractivity contribution in [3.8, 4) is 11.8 Å². The molecule has 2 heteroatoms. The fourth-order valence-corrected chi connectivity index (χ4v) is 1.19. The van der Waals surface area contributed by atoms with Gasteiger partial charge in [0.1, 0.15) is 0 Å². The van der Waals surface area contributed by atoms with Crippen LogP contribution in [0.4, 0.5) is 5.69 Å². The summed E-state index contributed by atoms with van der Waals surface area (Å²) in [7, 11) is 0. The van der Waals surface area contributed by atoms with Crippen molar-refractivity contribution in [1.29, 1.82) is 0 Å². The number of anilines is 1. The molecule has 0 aliphatic heterocycles. The minimum absolute atomic E-state index is 0.366. The molecule has 0 saturated carbocycles. The maximum absolute atomic E-state index is 5.79. The number of rotatable bonds is 1. The highest BCUT2D eigenvalue weighted by molar-refractivity contribution is 5.57. The van der Waals surface area contributed by atoms with Crippen molar-refractivity contribution in [2.75, 3.05) is 12.3 Å². The van der Waals surface area contributed by atoms with Gasteiger partial charge in [-0.25, -0.2) is 0 Å². The quantitative estimate of drug-likeness (QED) is 0.520. The van der Waals surface area contributed by atoms with Gasteiger partial charge < -0.3 is 11.5 Å². The van der Waals surface area contributed by atoms with Crippen molar-refractivity contribution in [2.45, 2.75) is 19.8 Å². The van der Waals surface area contributed by atoms with E-state index in [4.69, 9.17) is 11.5 Å². The lowest BCUT2D eigenvalue weighted by atomic mass is 10.00. The summed E-state index contributed by atoms with van der Waals surface area (Å²) in [4.78, 5) is 0. The fraction of sp³-hybridized carbons (Fsp3) is 0.333. The minimum Gasteiger partial charge on any atom is -0.398 e. The van der Waals surface area contributed by atoms with E-state index >= 15 is 0 Å². The average Bonchev–Trinajstić information content (AvgIpc) is 2.16. The van der Waals surface area contributed by atoms with Gasteiger partial charge in [0.25, 0.3) is 0 Å². The predicted molar refractivity (Wildman–Crippen MR) is 60.9 cm³/mol. The maximum atomic E-state index is 5.79. The monoisotopic (exact) mass is 188 g/mol. The number of nitrogens with two attached hydrogens (primary N) is 2. The van der Waals surface area contributed by atoms with Gasteiger partial charge in [-0.05, 0) is 23.6 Å². The molecule has 0 bridgehead atoms. The van der Waals surface area contributed by atoms with Crippen LogP contribution in [0.1, 0.15) is 30.9 Å². The van der Waals surface area contributed by atoms with Gasteiger partial charge in [0.15, 0.2) is 0 Å². The first kappa shape index (κ1) is 10.6. The third-order valence-electron chi connectivity index (χ3n) is 2.07. The summed E-state index contributed by atoms with van der Waals surface area (Å²) in [5.74, 6) is 6.27. The molecule has 0 fully saturated rings. The average molecular weight is 188 g/mol. The topological polar surface area (TPSA) is 52.0 Å². The van der Waals surface area contributed by atoms with E-state index in [1.54, 1.807) is 0 Å². The zero-order valence-corrected chi connectivity index (χ0v) is 8.67. The van der Waals surface area contributed by atoms with Crippen LogP contribution in [-0.2, 0) is 0 Å². The van der Waals surface area contributed by atoms with Gasteiger partial charge in [0.2, 0.25) is 0 Å². The molecule has 0 heterocycles. The van der Waals surface area contributed by atoms with Gasteiger partial charge in [-0.15, -0.1) is 0 Å². The summed E-state index contributed by atoms with van der Waals surface area (Å²) in [6.45, 7) is 4.66. The Hall–Kier alpha value is -1.46. The molecule has 0 aromatic heterocycles. The van der Waals surface area contributed by atoms with Gasteiger partial charge in [0.05, 0.1) is 6.54 Å². The molecule has 74 valence electrons. The molecule has 0 radical (unpaired) electrons. The van der Waals surface area contributed by atoms with Crippen molar-refractivity contribution in [3.05, 3.63) is 29.3 Å². The van der Waals surface area contributed by atoms with Gasteiger partial charge in [-0.1, -0.05) is 31.8 Å². The highest BCUT2D eigenvalue weighted by Crippen LogP contribution is 2.19. The summed E-state index contributed by atoms with van der Waals surface area (Å²) in [5, 5.41) is 0. The molecule has 0 aliphatic rings. The van der Waals surface area contributed by atoms with Gasteiger partial charge in [-0.2, -0.15) is 0 Å². The van der Waals surface area contributed by atoms with Crippen LogP contribution in [0.15, 0.2) is 18.2 Å². The Kier molecular flexibility index (Phi) is 3.55. The number of nitrogen functional groups attached to an aromatic ring is 1. The van der Waals surface area contributed by atoms with Gasteiger partial charge in [0, 0.05) is 11.3 Å². The lowest BCUT2D eigenvalue weighted by Gasteiger charge is -2.07. The van der Waals surface area contributed by atoms with Gasteiger partial charge in [-0.3, -0.25) is 0 Å². The highest BCUT2D eigenvalue weighted by atomic mass is 14.6. The van der Waals surface area contributed by atoms with E-state index in [1.807, 2.05) is 18.2 Å². The van der Waals surface area contributed by atoms with Crippen molar-refractivity contribution in [1.82, 2.24) is 0 Å². The molecule has 1 aromatic carbocycles. The van der Waals surface area contributed by atoms with Crippen LogP contribution < -0.4 is 11.5 Å². The Morgan fingerprint density at radius 1 is 1.36 bits per heavy atom. The molecule has 0 unspecified atom stereocenters. The minimum atomic E-state index is 0.366. The molecule has 2 nitrogen and oxygen atoms in total. The first-order valence-electron chi connectivity index (χ1n) is 4.73. The van der Waals surface area contributed by atoms with Crippen LogP contribution in [0.5, 0.6) is 0 Å². The van der Waals surface area contributed by atoms with E-state index in [-0.39, 0.29) is 0 Å². The Labute approximate surface area is 85.3 Å². The first-order valence-corrected chi connectivity index (χ1v) is 4.73. The molecule has 14 heavy (non-hydrogen) atoms. The Balaban J connectivity index is 3.08. The zero-order chi connectivity index (χ0) is 10.6. The number of benzene rings is 1. The third kappa shape index (κ3) is 2.51. The normalized spacial score (nSPS) is 9.71. The summed E-state index contributed by atoms with van der Waals surface area (Å²) < 4.78 is 0. The molecule has 1 rings (SSSR count). The second-order valence-electron chi connectivity index (χ2n) is 3.51. The Bertz CT molecular complexity index is 370. The van der Waals surface area contributed by atoms with Crippen LogP contribution in [-0.4, -0.2) is 6.54 Å². The molecule has 1 aromatic rings. The molecule has 0 amide bonds. The number of hydrogen-bond donors (Lipinski definition) is 2. The van der Waals surface area contributed by atoms with Crippen molar-refractivity contribution in [2.24, 2.45) is 5.73 Å². The SMILES string of the molecule is CC(C)c1ccc(N)c(C#CCN)c1. The molecule has 0 saturated heterocycles. The van der Waals surface area contributed by atoms with Crippen molar-refractivity contribution >= 4 is 5.69 Å². The van der Waals surface area contributed by atoms with E-state index in [2.05, 4.69) is 25.7 Å². The standard InChI is InChI=1S/C12H16N2/c1-9(2)10-5-6-12(14)11(8-10)4-3-7-13/h5-6,8-9H,7,13-14H2,1-2H3. The Morgan fingerprint density at radius 2 is 2.07 bits per heavy atom. The number of hydrogen-bond acceptors (Lipinski definition) is 2. The van der Waals surface area contributed by atoms with E-state index in [0.29, 0.717) is 12.5 Å². The second-order valence-corrected chi connectivity index (χ2v) is 3.51. The molecular weight excluding hydrogens is 172 g/mol. The first-order chi connectivity index (χ1) is 6.65. The van der Waals surface area contributed by atoms with Crippen LogP contribution >= 0.6 is 0 Å². The van der Waals surface area contributed by atoms with Crippen molar-refractivity contribution in [3.63, 3.8) is 0 Å². The van der Waals surface area contributed by atoms with Crippen LogP contribution in [0.3, 0.4) is 0 Å². The predicted octanol–water partition coefficient (Wildman–Crippen LogP) is 1.70. The summed E-state index contributed by atoms with van der Waals surface area (Å²) in [6, 6.07) is 5.96. The lowest BCUT2D eigenvalue weighted by Crippen LogP contribution is -1.96. The molecular formula is C12H16N2. The van der Waals surface area contributed by atoms with E-state index in [1.165, 1.54) is 5.56 Å². The summed E-state index contributed by atoms with van der Waals surface area (Å²) in [6.07, 6.45) is 0. The zero-order valence-electron chi connectivity index (χ0n) is 8.67. The van der Waals surface area contributed by atoms with Gasteiger partial charge >= 0.3 is 0 Å². The van der Waals surface area contributed by atoms with Crippen molar-refractivity contribution < 1.29 is 0 Å². The maximum Gasteiger partial charge on any atom is 0.0555 e.